The Bertz CT molecular complexity index is 614. The first-order valence-electron chi connectivity index (χ1n) is 6.79. The van der Waals surface area contributed by atoms with Crippen LogP contribution in [-0.4, -0.2) is 24.6 Å². The molecule has 5 heteroatoms. The molecule has 0 bridgehead atoms. The molecular formula is C16H19N3O2. The number of carbonyl (C=O) groups excluding carboxylic acids is 1. The lowest BCUT2D eigenvalue weighted by Crippen LogP contribution is -2.25. The molecule has 0 radical (unpaired) electrons. The largest absolute Gasteiger partial charge is 0.465 e. The predicted molar refractivity (Wildman–Crippen MR) is 83.2 cm³/mol. The maximum absolute atomic E-state index is 11.7. The number of benzene rings is 1. The van der Waals surface area contributed by atoms with Gasteiger partial charge in [-0.2, -0.15) is 0 Å². The van der Waals surface area contributed by atoms with E-state index in [0.717, 1.165) is 12.1 Å². The summed E-state index contributed by atoms with van der Waals surface area (Å²) in [5.74, 6) is 0.149. The van der Waals surface area contributed by atoms with E-state index in [4.69, 9.17) is 10.5 Å². The van der Waals surface area contributed by atoms with E-state index in [1.807, 2.05) is 42.2 Å². The van der Waals surface area contributed by atoms with Gasteiger partial charge in [-0.05, 0) is 18.6 Å². The minimum atomic E-state index is -0.452. The third-order valence-corrected chi connectivity index (χ3v) is 3.27. The average molecular weight is 285 g/mol. The zero-order valence-corrected chi connectivity index (χ0v) is 12.2. The SMILES string of the molecule is CCN(Cc1ccccc1)c1nccc(C(=O)OC)c1N. The third kappa shape index (κ3) is 3.31. The van der Waals surface area contributed by atoms with Gasteiger partial charge in [0.25, 0.3) is 0 Å². The molecule has 0 atom stereocenters. The number of esters is 1. The summed E-state index contributed by atoms with van der Waals surface area (Å²) in [7, 11) is 1.34. The molecule has 0 aliphatic rings. The van der Waals surface area contributed by atoms with E-state index in [9.17, 15) is 4.79 Å². The lowest BCUT2D eigenvalue weighted by molar-refractivity contribution is 0.0602. The summed E-state index contributed by atoms with van der Waals surface area (Å²) in [6.07, 6.45) is 1.58. The highest BCUT2D eigenvalue weighted by atomic mass is 16.5. The van der Waals surface area contributed by atoms with Crippen LogP contribution in [0.2, 0.25) is 0 Å². The number of anilines is 2. The van der Waals surface area contributed by atoms with E-state index in [2.05, 4.69) is 4.98 Å². The van der Waals surface area contributed by atoms with Gasteiger partial charge in [-0.25, -0.2) is 9.78 Å². The minimum absolute atomic E-state index is 0.342. The zero-order valence-electron chi connectivity index (χ0n) is 12.2. The summed E-state index contributed by atoms with van der Waals surface area (Å²) in [5, 5.41) is 0. The predicted octanol–water partition coefficient (Wildman–Crippen LogP) is 2.48. The van der Waals surface area contributed by atoms with Gasteiger partial charge < -0.3 is 15.4 Å². The summed E-state index contributed by atoms with van der Waals surface area (Å²) < 4.78 is 4.74. The van der Waals surface area contributed by atoms with E-state index >= 15 is 0 Å². The normalized spacial score (nSPS) is 10.2. The van der Waals surface area contributed by atoms with E-state index in [1.165, 1.54) is 7.11 Å². The Kier molecular flexibility index (Phi) is 4.77. The number of methoxy groups -OCH3 is 1. The van der Waals surface area contributed by atoms with Crippen molar-refractivity contribution in [3.63, 3.8) is 0 Å². The molecule has 2 N–H and O–H groups in total. The molecule has 0 aliphatic carbocycles. The number of hydrogen-bond acceptors (Lipinski definition) is 5. The van der Waals surface area contributed by atoms with Gasteiger partial charge in [0.05, 0.1) is 18.4 Å². The van der Waals surface area contributed by atoms with E-state index in [1.54, 1.807) is 12.3 Å². The van der Waals surface area contributed by atoms with Gasteiger partial charge in [0.15, 0.2) is 5.82 Å². The molecule has 1 heterocycles. The van der Waals surface area contributed by atoms with Crippen molar-refractivity contribution < 1.29 is 9.53 Å². The Hall–Kier alpha value is -2.56. The van der Waals surface area contributed by atoms with Crippen LogP contribution in [0.1, 0.15) is 22.8 Å². The number of pyridine rings is 1. The minimum Gasteiger partial charge on any atom is -0.465 e. The molecule has 0 spiro atoms. The van der Waals surface area contributed by atoms with E-state index in [0.29, 0.717) is 23.6 Å². The summed E-state index contributed by atoms with van der Waals surface area (Å²) in [6, 6.07) is 11.6. The van der Waals surface area contributed by atoms with E-state index < -0.39 is 5.97 Å². The molecule has 1 aromatic carbocycles. The number of nitrogens with two attached hydrogens (primary N) is 1. The molecule has 0 saturated carbocycles. The summed E-state index contributed by atoms with van der Waals surface area (Å²) >= 11 is 0. The van der Waals surface area contributed by atoms with Crippen molar-refractivity contribution in [1.29, 1.82) is 0 Å². The monoisotopic (exact) mass is 285 g/mol. The highest BCUT2D eigenvalue weighted by Gasteiger charge is 2.17. The molecule has 0 fully saturated rings. The summed E-state index contributed by atoms with van der Waals surface area (Å²) in [6.45, 7) is 3.44. The van der Waals surface area contributed by atoms with Gasteiger partial charge in [0, 0.05) is 19.3 Å². The van der Waals surface area contributed by atoms with Crippen molar-refractivity contribution in [2.24, 2.45) is 0 Å². The Labute approximate surface area is 124 Å². The average Bonchev–Trinajstić information content (AvgIpc) is 2.53. The van der Waals surface area contributed by atoms with Gasteiger partial charge in [-0.3, -0.25) is 0 Å². The van der Waals surface area contributed by atoms with Crippen molar-refractivity contribution in [3.05, 3.63) is 53.7 Å². The van der Waals surface area contributed by atoms with Crippen LogP contribution in [0.15, 0.2) is 42.6 Å². The fraction of sp³-hybridized carbons (Fsp3) is 0.250. The zero-order chi connectivity index (χ0) is 15.2. The van der Waals surface area contributed by atoms with Crippen molar-refractivity contribution in [1.82, 2.24) is 4.98 Å². The molecule has 1 aromatic heterocycles. The second-order valence-corrected chi connectivity index (χ2v) is 4.59. The van der Waals surface area contributed by atoms with Crippen LogP contribution >= 0.6 is 0 Å². The highest BCUT2D eigenvalue weighted by Crippen LogP contribution is 2.25. The third-order valence-electron chi connectivity index (χ3n) is 3.27. The first kappa shape index (κ1) is 14.8. The van der Waals surface area contributed by atoms with Gasteiger partial charge in [-0.1, -0.05) is 30.3 Å². The standard InChI is InChI=1S/C16H19N3O2/c1-3-19(11-12-7-5-4-6-8-12)15-14(17)13(9-10-18-15)16(20)21-2/h4-10H,3,11,17H2,1-2H3. The lowest BCUT2D eigenvalue weighted by Gasteiger charge is -2.24. The number of rotatable bonds is 5. The molecule has 2 rings (SSSR count). The molecule has 0 aliphatic heterocycles. The Balaban J connectivity index is 2.32. The van der Waals surface area contributed by atoms with Crippen LogP contribution in [0.3, 0.4) is 0 Å². The van der Waals surface area contributed by atoms with Crippen LogP contribution in [0.5, 0.6) is 0 Å². The number of carbonyl (C=O) groups is 1. The number of nitrogen functional groups attached to an aromatic ring is 1. The number of nitrogens with zero attached hydrogens (tertiary/aromatic N) is 2. The van der Waals surface area contributed by atoms with Gasteiger partial charge in [0.2, 0.25) is 0 Å². The van der Waals surface area contributed by atoms with Gasteiger partial charge >= 0.3 is 5.97 Å². The van der Waals surface area contributed by atoms with Crippen LogP contribution in [-0.2, 0) is 11.3 Å². The maximum Gasteiger partial charge on any atom is 0.340 e. The van der Waals surface area contributed by atoms with E-state index in [-0.39, 0.29) is 0 Å². The molecule has 0 amide bonds. The highest BCUT2D eigenvalue weighted by molar-refractivity contribution is 5.97. The first-order chi connectivity index (χ1) is 10.2. The first-order valence-corrected chi connectivity index (χ1v) is 6.79. The van der Waals surface area contributed by atoms with Crippen molar-refractivity contribution >= 4 is 17.5 Å². The molecule has 0 saturated heterocycles. The Morgan fingerprint density at radius 3 is 2.62 bits per heavy atom. The molecule has 5 nitrogen and oxygen atoms in total. The second-order valence-electron chi connectivity index (χ2n) is 4.59. The quantitative estimate of drug-likeness (QED) is 0.855. The number of aromatic nitrogens is 1. The fourth-order valence-corrected chi connectivity index (χ4v) is 2.14. The summed E-state index contributed by atoms with van der Waals surface area (Å²) in [5.41, 5.74) is 7.93. The van der Waals surface area contributed by atoms with Crippen LogP contribution in [0.4, 0.5) is 11.5 Å². The molecule has 21 heavy (non-hydrogen) atoms. The maximum atomic E-state index is 11.7. The summed E-state index contributed by atoms with van der Waals surface area (Å²) in [4.78, 5) is 18.0. The van der Waals surface area contributed by atoms with Gasteiger partial charge in [0.1, 0.15) is 0 Å². The van der Waals surface area contributed by atoms with Gasteiger partial charge in [-0.15, -0.1) is 0 Å². The Morgan fingerprint density at radius 2 is 2.00 bits per heavy atom. The smallest absolute Gasteiger partial charge is 0.340 e. The van der Waals surface area contributed by atoms with Crippen LogP contribution < -0.4 is 10.6 Å². The van der Waals surface area contributed by atoms with Crippen molar-refractivity contribution in [2.75, 3.05) is 24.3 Å². The second kappa shape index (κ2) is 6.74. The number of hydrogen-bond donors (Lipinski definition) is 1. The van der Waals surface area contributed by atoms with Crippen LogP contribution in [0, 0.1) is 0 Å². The molecule has 0 unspecified atom stereocenters. The van der Waals surface area contributed by atoms with Crippen molar-refractivity contribution in [2.45, 2.75) is 13.5 Å². The van der Waals surface area contributed by atoms with Crippen molar-refractivity contribution in [3.8, 4) is 0 Å². The molecular weight excluding hydrogens is 266 g/mol. The number of ether oxygens (including phenoxy) is 1. The molecule has 2 aromatic rings. The fourth-order valence-electron chi connectivity index (χ4n) is 2.14. The van der Waals surface area contributed by atoms with Crippen LogP contribution in [0.25, 0.3) is 0 Å². The Morgan fingerprint density at radius 1 is 1.29 bits per heavy atom. The molecule has 110 valence electrons. The lowest BCUT2D eigenvalue weighted by atomic mass is 10.2. The topological polar surface area (TPSA) is 68.5 Å².